The Morgan fingerprint density at radius 3 is 2.90 bits per heavy atom. The molecule has 0 spiro atoms. The highest BCUT2D eigenvalue weighted by Crippen LogP contribution is 2.29. The lowest BCUT2D eigenvalue weighted by atomic mass is 9.92. The van der Waals surface area contributed by atoms with Crippen molar-refractivity contribution in [3.05, 3.63) is 41.2 Å². The minimum absolute atomic E-state index is 0.103. The number of benzene rings is 1. The van der Waals surface area contributed by atoms with Crippen LogP contribution in [0.2, 0.25) is 0 Å². The molecule has 0 radical (unpaired) electrons. The van der Waals surface area contributed by atoms with Crippen molar-refractivity contribution in [3.8, 4) is 0 Å². The molecule has 1 N–H and O–H groups in total. The standard InChI is InChI=1S/C15H14FNO3/c16-11-3-6-13-9(7-11)1-4-12-5-2-10(15(19)20)8-17(12)14(13)18/h1,3-4,6-7,10,12H,2,5,8H2,(H,19,20). The first-order valence-electron chi connectivity index (χ1n) is 6.58. The molecule has 2 aliphatic heterocycles. The van der Waals surface area contributed by atoms with Crippen LogP contribution in [0.1, 0.15) is 28.8 Å². The number of hydrogen-bond donors (Lipinski definition) is 1. The summed E-state index contributed by atoms with van der Waals surface area (Å²) in [6, 6.07) is 3.94. The third-order valence-corrected chi connectivity index (χ3v) is 3.98. The number of nitrogens with zero attached hydrogens (tertiary/aromatic N) is 1. The van der Waals surface area contributed by atoms with E-state index in [1.165, 1.54) is 18.2 Å². The number of carbonyl (C=O) groups excluding carboxylic acids is 1. The van der Waals surface area contributed by atoms with Gasteiger partial charge in [-0.2, -0.15) is 0 Å². The maximum absolute atomic E-state index is 13.3. The Morgan fingerprint density at radius 2 is 2.15 bits per heavy atom. The molecule has 2 heterocycles. The normalized spacial score (nSPS) is 24.9. The van der Waals surface area contributed by atoms with E-state index >= 15 is 0 Å². The van der Waals surface area contributed by atoms with Gasteiger partial charge in [0.15, 0.2) is 0 Å². The van der Waals surface area contributed by atoms with Gasteiger partial charge in [0, 0.05) is 12.1 Å². The van der Waals surface area contributed by atoms with Crippen LogP contribution in [0.3, 0.4) is 0 Å². The number of carbonyl (C=O) groups is 2. The molecule has 4 nitrogen and oxygen atoms in total. The highest BCUT2D eigenvalue weighted by Gasteiger charge is 2.35. The van der Waals surface area contributed by atoms with Gasteiger partial charge in [0.25, 0.3) is 5.91 Å². The summed E-state index contributed by atoms with van der Waals surface area (Å²) in [6.45, 7) is 0.208. The lowest BCUT2D eigenvalue weighted by Crippen LogP contribution is -2.47. The molecule has 1 aromatic rings. The molecule has 0 bridgehead atoms. The van der Waals surface area contributed by atoms with E-state index in [1.807, 2.05) is 6.08 Å². The van der Waals surface area contributed by atoms with Gasteiger partial charge in [-0.3, -0.25) is 9.59 Å². The molecule has 0 aliphatic carbocycles. The van der Waals surface area contributed by atoms with E-state index in [2.05, 4.69) is 0 Å². The van der Waals surface area contributed by atoms with E-state index in [9.17, 15) is 14.0 Å². The average Bonchev–Trinajstić information content (AvgIpc) is 2.56. The summed E-state index contributed by atoms with van der Waals surface area (Å²) in [5.74, 6) is -2.00. The SMILES string of the molecule is O=C(O)C1CCC2C=Cc3cc(F)ccc3C(=O)N2C1. The summed E-state index contributed by atoms with van der Waals surface area (Å²) in [5, 5.41) is 9.11. The Morgan fingerprint density at radius 1 is 1.35 bits per heavy atom. The number of hydrogen-bond acceptors (Lipinski definition) is 2. The Balaban J connectivity index is 1.98. The van der Waals surface area contributed by atoms with Crippen molar-refractivity contribution >= 4 is 18.0 Å². The van der Waals surface area contributed by atoms with Crippen LogP contribution in [-0.4, -0.2) is 34.5 Å². The molecule has 20 heavy (non-hydrogen) atoms. The van der Waals surface area contributed by atoms with Gasteiger partial charge in [-0.15, -0.1) is 0 Å². The van der Waals surface area contributed by atoms with Crippen LogP contribution in [0.4, 0.5) is 4.39 Å². The Kier molecular flexibility index (Phi) is 3.04. The van der Waals surface area contributed by atoms with Crippen molar-refractivity contribution in [1.82, 2.24) is 4.90 Å². The van der Waals surface area contributed by atoms with Gasteiger partial charge in [0.05, 0.1) is 12.0 Å². The van der Waals surface area contributed by atoms with Crippen LogP contribution in [0.25, 0.3) is 6.08 Å². The third-order valence-electron chi connectivity index (χ3n) is 3.98. The zero-order chi connectivity index (χ0) is 14.3. The zero-order valence-electron chi connectivity index (χ0n) is 10.8. The highest BCUT2D eigenvalue weighted by molar-refractivity contribution is 5.99. The van der Waals surface area contributed by atoms with E-state index < -0.39 is 11.9 Å². The summed E-state index contributed by atoms with van der Waals surface area (Å²) in [4.78, 5) is 25.2. The molecule has 1 fully saturated rings. The fourth-order valence-electron chi connectivity index (χ4n) is 2.86. The molecule has 0 saturated carbocycles. The summed E-state index contributed by atoms with van der Waals surface area (Å²) in [5.41, 5.74) is 0.979. The topological polar surface area (TPSA) is 57.6 Å². The summed E-state index contributed by atoms with van der Waals surface area (Å²) >= 11 is 0. The van der Waals surface area contributed by atoms with Gasteiger partial charge >= 0.3 is 5.97 Å². The van der Waals surface area contributed by atoms with Crippen molar-refractivity contribution in [2.24, 2.45) is 5.92 Å². The van der Waals surface area contributed by atoms with E-state index in [1.54, 1.807) is 11.0 Å². The molecule has 2 unspecified atom stereocenters. The molecule has 1 aromatic carbocycles. The summed E-state index contributed by atoms with van der Waals surface area (Å²) in [7, 11) is 0. The van der Waals surface area contributed by atoms with Crippen molar-refractivity contribution in [1.29, 1.82) is 0 Å². The van der Waals surface area contributed by atoms with Crippen LogP contribution >= 0.6 is 0 Å². The predicted molar refractivity (Wildman–Crippen MR) is 70.6 cm³/mol. The quantitative estimate of drug-likeness (QED) is 0.854. The second-order valence-corrected chi connectivity index (χ2v) is 5.23. The molecule has 1 amide bonds. The van der Waals surface area contributed by atoms with Gasteiger partial charge < -0.3 is 10.0 Å². The largest absolute Gasteiger partial charge is 0.481 e. The second kappa shape index (κ2) is 4.74. The van der Waals surface area contributed by atoms with Gasteiger partial charge in [0.1, 0.15) is 5.82 Å². The number of amides is 1. The smallest absolute Gasteiger partial charge is 0.308 e. The van der Waals surface area contributed by atoms with Crippen LogP contribution in [0.15, 0.2) is 24.3 Å². The maximum Gasteiger partial charge on any atom is 0.308 e. The first kappa shape index (κ1) is 12.8. The Labute approximate surface area is 115 Å². The summed E-state index contributed by atoms with van der Waals surface area (Å²) in [6.07, 6.45) is 4.79. The van der Waals surface area contributed by atoms with Crippen LogP contribution < -0.4 is 0 Å². The number of rotatable bonds is 1. The number of aliphatic carboxylic acids is 1. The van der Waals surface area contributed by atoms with Crippen molar-refractivity contribution < 1.29 is 19.1 Å². The lowest BCUT2D eigenvalue weighted by molar-refractivity contribution is -0.143. The van der Waals surface area contributed by atoms with E-state index in [-0.39, 0.29) is 24.3 Å². The van der Waals surface area contributed by atoms with Gasteiger partial charge in [0.2, 0.25) is 0 Å². The maximum atomic E-state index is 13.3. The molecule has 104 valence electrons. The van der Waals surface area contributed by atoms with E-state index in [4.69, 9.17) is 5.11 Å². The van der Waals surface area contributed by atoms with Crippen LogP contribution in [-0.2, 0) is 4.79 Å². The molecule has 2 atom stereocenters. The Bertz CT molecular complexity index is 611. The minimum Gasteiger partial charge on any atom is -0.481 e. The summed E-state index contributed by atoms with van der Waals surface area (Å²) < 4.78 is 13.3. The molecule has 1 saturated heterocycles. The number of halogens is 1. The van der Waals surface area contributed by atoms with Crippen LogP contribution in [0.5, 0.6) is 0 Å². The van der Waals surface area contributed by atoms with Gasteiger partial charge in [-0.1, -0.05) is 12.2 Å². The first-order valence-corrected chi connectivity index (χ1v) is 6.58. The molecule has 0 aromatic heterocycles. The number of fused-ring (bicyclic) bond motifs is 2. The number of carboxylic acid groups (broad SMARTS) is 1. The third kappa shape index (κ3) is 2.09. The van der Waals surface area contributed by atoms with Crippen molar-refractivity contribution in [3.63, 3.8) is 0 Å². The second-order valence-electron chi connectivity index (χ2n) is 5.23. The monoisotopic (exact) mass is 275 g/mol. The number of piperidine rings is 1. The highest BCUT2D eigenvalue weighted by atomic mass is 19.1. The molecular formula is C15H14FNO3. The number of carboxylic acids is 1. The lowest BCUT2D eigenvalue weighted by Gasteiger charge is -2.36. The van der Waals surface area contributed by atoms with Crippen molar-refractivity contribution in [2.45, 2.75) is 18.9 Å². The van der Waals surface area contributed by atoms with Crippen molar-refractivity contribution in [2.75, 3.05) is 6.54 Å². The van der Waals surface area contributed by atoms with E-state index in [0.717, 1.165) is 0 Å². The van der Waals surface area contributed by atoms with Gasteiger partial charge in [-0.05, 0) is 36.6 Å². The minimum atomic E-state index is -0.871. The predicted octanol–water partition coefficient (Wildman–Crippen LogP) is 2.16. The fourth-order valence-corrected chi connectivity index (χ4v) is 2.86. The zero-order valence-corrected chi connectivity index (χ0v) is 10.8. The molecule has 5 heteroatoms. The first-order chi connectivity index (χ1) is 9.56. The fraction of sp³-hybridized carbons (Fsp3) is 0.333. The van der Waals surface area contributed by atoms with E-state index in [0.29, 0.717) is 24.0 Å². The molecular weight excluding hydrogens is 261 g/mol. The average molecular weight is 275 g/mol. The van der Waals surface area contributed by atoms with Crippen LogP contribution in [0, 0.1) is 11.7 Å². The van der Waals surface area contributed by atoms with Gasteiger partial charge in [-0.25, -0.2) is 4.39 Å². The molecule has 2 aliphatic rings. The molecule has 3 rings (SSSR count). The Hall–Kier alpha value is -2.17.